The molecule has 6 heteroatoms. The van der Waals surface area contributed by atoms with Crippen LogP contribution in [-0.4, -0.2) is 9.78 Å². The summed E-state index contributed by atoms with van der Waals surface area (Å²) in [5.74, 6) is 5.06. The molecular formula is C12H14ClFN4. The lowest BCUT2D eigenvalue weighted by molar-refractivity contribution is 0.535. The van der Waals surface area contributed by atoms with Crippen LogP contribution >= 0.6 is 11.6 Å². The summed E-state index contributed by atoms with van der Waals surface area (Å²) >= 11 is 5.94. The number of nitrogens with two attached hydrogens (primary N) is 1. The summed E-state index contributed by atoms with van der Waals surface area (Å²) in [5, 5.41) is 4.35. The molecule has 0 aliphatic heterocycles. The van der Waals surface area contributed by atoms with E-state index < -0.39 is 5.82 Å². The Morgan fingerprint density at radius 1 is 1.50 bits per heavy atom. The second-order valence-corrected chi connectivity index (χ2v) is 4.43. The molecule has 0 radical (unpaired) electrons. The molecule has 2 aromatic rings. The molecule has 0 aliphatic carbocycles. The smallest absolute Gasteiger partial charge is 0.142 e. The number of aryl methyl sites for hydroxylation is 1. The fourth-order valence-corrected chi connectivity index (χ4v) is 2.09. The standard InChI is InChI=1S/C12H14ClFN4/c1-18-6-5-8(17-18)7-11(16-15)9-3-2-4-10(14)12(9)13/h2-6,11,16H,7,15H2,1H3. The molecule has 1 aromatic heterocycles. The summed E-state index contributed by atoms with van der Waals surface area (Å²) in [6.45, 7) is 0. The molecule has 0 aliphatic rings. The maximum Gasteiger partial charge on any atom is 0.142 e. The van der Waals surface area contributed by atoms with Crippen molar-refractivity contribution in [3.8, 4) is 0 Å². The number of hydrogen-bond acceptors (Lipinski definition) is 3. The zero-order valence-electron chi connectivity index (χ0n) is 9.90. The van der Waals surface area contributed by atoms with Crippen LogP contribution in [0.5, 0.6) is 0 Å². The molecule has 1 atom stereocenters. The van der Waals surface area contributed by atoms with Gasteiger partial charge in [0.25, 0.3) is 0 Å². The summed E-state index contributed by atoms with van der Waals surface area (Å²) in [4.78, 5) is 0. The minimum absolute atomic E-state index is 0.0939. The van der Waals surface area contributed by atoms with E-state index in [0.717, 1.165) is 5.69 Å². The number of halogens is 2. The van der Waals surface area contributed by atoms with Crippen LogP contribution in [0.3, 0.4) is 0 Å². The molecule has 0 saturated carbocycles. The molecule has 1 aromatic carbocycles. The van der Waals surface area contributed by atoms with E-state index >= 15 is 0 Å². The van der Waals surface area contributed by atoms with Crippen molar-refractivity contribution in [1.82, 2.24) is 15.2 Å². The Hall–Kier alpha value is -1.43. The van der Waals surface area contributed by atoms with Crippen LogP contribution in [0, 0.1) is 5.82 Å². The number of hydrazine groups is 1. The Balaban J connectivity index is 2.25. The molecule has 3 N–H and O–H groups in total. The first-order chi connectivity index (χ1) is 8.61. The highest BCUT2D eigenvalue weighted by atomic mass is 35.5. The van der Waals surface area contributed by atoms with Crippen LogP contribution in [0.25, 0.3) is 0 Å². The predicted octanol–water partition coefficient (Wildman–Crippen LogP) is 1.96. The van der Waals surface area contributed by atoms with Gasteiger partial charge in [-0.1, -0.05) is 23.7 Å². The van der Waals surface area contributed by atoms with E-state index in [-0.39, 0.29) is 11.1 Å². The lowest BCUT2D eigenvalue weighted by atomic mass is 10.0. The summed E-state index contributed by atoms with van der Waals surface area (Å²) in [5.41, 5.74) is 4.14. The van der Waals surface area contributed by atoms with E-state index in [1.807, 2.05) is 19.3 Å². The number of nitrogens with zero attached hydrogens (tertiary/aromatic N) is 2. The van der Waals surface area contributed by atoms with Gasteiger partial charge in [-0.2, -0.15) is 5.10 Å². The molecule has 4 nitrogen and oxygen atoms in total. The Morgan fingerprint density at radius 2 is 2.28 bits per heavy atom. The van der Waals surface area contributed by atoms with Gasteiger partial charge in [0, 0.05) is 19.7 Å². The summed E-state index contributed by atoms with van der Waals surface area (Å²) in [6, 6.07) is 6.29. The van der Waals surface area contributed by atoms with E-state index in [4.69, 9.17) is 17.4 Å². The molecule has 0 amide bonds. The first kappa shape index (κ1) is 13.0. The Labute approximate surface area is 110 Å². The van der Waals surface area contributed by atoms with Crippen LogP contribution in [0.15, 0.2) is 30.5 Å². The molecule has 96 valence electrons. The van der Waals surface area contributed by atoms with Gasteiger partial charge in [-0.3, -0.25) is 16.0 Å². The molecule has 0 saturated heterocycles. The van der Waals surface area contributed by atoms with Crippen LogP contribution in [-0.2, 0) is 13.5 Å². The zero-order chi connectivity index (χ0) is 13.1. The van der Waals surface area contributed by atoms with Gasteiger partial charge < -0.3 is 0 Å². The molecule has 18 heavy (non-hydrogen) atoms. The van der Waals surface area contributed by atoms with E-state index in [0.29, 0.717) is 12.0 Å². The average molecular weight is 269 g/mol. The van der Waals surface area contributed by atoms with E-state index in [2.05, 4.69) is 10.5 Å². The molecule has 1 heterocycles. The van der Waals surface area contributed by atoms with Crippen molar-refractivity contribution >= 4 is 11.6 Å². The molecule has 0 fully saturated rings. The SMILES string of the molecule is Cn1ccc(CC(NN)c2cccc(F)c2Cl)n1. The third-order valence-corrected chi connectivity index (χ3v) is 3.14. The summed E-state index contributed by atoms with van der Waals surface area (Å²) in [7, 11) is 1.84. The Morgan fingerprint density at radius 3 is 2.89 bits per heavy atom. The van der Waals surface area contributed by atoms with Crippen LogP contribution in [0.4, 0.5) is 4.39 Å². The van der Waals surface area contributed by atoms with Gasteiger partial charge in [0.05, 0.1) is 16.8 Å². The minimum atomic E-state index is -0.449. The first-order valence-corrected chi connectivity index (χ1v) is 5.88. The van der Waals surface area contributed by atoms with Gasteiger partial charge in [0.2, 0.25) is 0 Å². The number of nitrogens with one attached hydrogen (secondary N) is 1. The van der Waals surface area contributed by atoms with Crippen molar-refractivity contribution in [3.63, 3.8) is 0 Å². The van der Waals surface area contributed by atoms with Crippen molar-refractivity contribution in [2.75, 3.05) is 0 Å². The highest BCUT2D eigenvalue weighted by molar-refractivity contribution is 6.31. The van der Waals surface area contributed by atoms with Crippen LogP contribution in [0.2, 0.25) is 5.02 Å². The molecular weight excluding hydrogens is 255 g/mol. The number of rotatable bonds is 4. The maximum absolute atomic E-state index is 13.4. The Bertz CT molecular complexity index is 541. The fraction of sp³-hybridized carbons (Fsp3) is 0.250. The number of hydrogen-bond donors (Lipinski definition) is 2. The van der Waals surface area contributed by atoms with E-state index in [9.17, 15) is 4.39 Å². The van der Waals surface area contributed by atoms with Gasteiger partial charge in [-0.15, -0.1) is 0 Å². The van der Waals surface area contributed by atoms with Crippen molar-refractivity contribution in [1.29, 1.82) is 0 Å². The molecule has 1 unspecified atom stereocenters. The minimum Gasteiger partial charge on any atom is -0.276 e. The second kappa shape index (κ2) is 5.48. The fourth-order valence-electron chi connectivity index (χ4n) is 1.83. The summed E-state index contributed by atoms with van der Waals surface area (Å²) in [6.07, 6.45) is 2.39. The Kier molecular flexibility index (Phi) is 3.96. The maximum atomic E-state index is 13.4. The van der Waals surface area contributed by atoms with Crippen molar-refractivity contribution in [2.24, 2.45) is 12.9 Å². The van der Waals surface area contributed by atoms with Crippen molar-refractivity contribution in [2.45, 2.75) is 12.5 Å². The monoisotopic (exact) mass is 268 g/mol. The number of aromatic nitrogens is 2. The summed E-state index contributed by atoms with van der Waals surface area (Å²) < 4.78 is 15.1. The van der Waals surface area contributed by atoms with Crippen LogP contribution in [0.1, 0.15) is 17.3 Å². The second-order valence-electron chi connectivity index (χ2n) is 4.05. The third kappa shape index (κ3) is 2.69. The van der Waals surface area contributed by atoms with Gasteiger partial charge in [0.1, 0.15) is 5.82 Å². The van der Waals surface area contributed by atoms with Crippen LogP contribution < -0.4 is 11.3 Å². The largest absolute Gasteiger partial charge is 0.276 e. The van der Waals surface area contributed by atoms with Crippen molar-refractivity contribution < 1.29 is 4.39 Å². The van der Waals surface area contributed by atoms with E-state index in [1.165, 1.54) is 6.07 Å². The highest BCUT2D eigenvalue weighted by Gasteiger charge is 2.17. The highest BCUT2D eigenvalue weighted by Crippen LogP contribution is 2.27. The average Bonchev–Trinajstić information content (AvgIpc) is 2.76. The van der Waals surface area contributed by atoms with Gasteiger partial charge in [-0.25, -0.2) is 4.39 Å². The normalized spacial score (nSPS) is 12.7. The first-order valence-electron chi connectivity index (χ1n) is 5.50. The lowest BCUT2D eigenvalue weighted by Gasteiger charge is -2.16. The van der Waals surface area contributed by atoms with Gasteiger partial charge in [-0.05, 0) is 17.7 Å². The molecule has 0 bridgehead atoms. The van der Waals surface area contributed by atoms with E-state index in [1.54, 1.807) is 16.8 Å². The quantitative estimate of drug-likeness (QED) is 0.658. The number of benzene rings is 1. The predicted molar refractivity (Wildman–Crippen MR) is 68.4 cm³/mol. The van der Waals surface area contributed by atoms with Crippen molar-refractivity contribution in [3.05, 3.63) is 52.6 Å². The zero-order valence-corrected chi connectivity index (χ0v) is 10.7. The molecule has 0 spiro atoms. The third-order valence-electron chi connectivity index (χ3n) is 2.74. The topological polar surface area (TPSA) is 55.9 Å². The lowest BCUT2D eigenvalue weighted by Crippen LogP contribution is -2.30. The van der Waals surface area contributed by atoms with Gasteiger partial charge >= 0.3 is 0 Å². The van der Waals surface area contributed by atoms with Gasteiger partial charge in [0.15, 0.2) is 0 Å². The molecule has 2 rings (SSSR count).